The Balaban J connectivity index is 1.16. The summed E-state index contributed by atoms with van der Waals surface area (Å²) in [5.41, 5.74) is 4.02. The van der Waals surface area contributed by atoms with Crippen LogP contribution in [-0.4, -0.2) is 35.8 Å². The van der Waals surface area contributed by atoms with Crippen molar-refractivity contribution in [1.82, 2.24) is 15.3 Å². The van der Waals surface area contributed by atoms with Crippen LogP contribution in [0, 0.1) is 12.7 Å². The lowest BCUT2D eigenvalue weighted by Crippen LogP contribution is -2.38. The van der Waals surface area contributed by atoms with Crippen molar-refractivity contribution >= 4 is 21.8 Å². The number of halogens is 1. The number of ether oxygens (including phenoxy) is 2. The molecule has 2 N–H and O–H groups in total. The molecular formula is C24H24FN3O2. The first-order valence-electron chi connectivity index (χ1n) is 10.3. The SMILES string of the molecule is Cc1ccc2c3c(ccc2n1)OC[C@H](CNCCCc1c[nH]c2ccc(F)cc12)O3. The van der Waals surface area contributed by atoms with E-state index in [1.165, 1.54) is 6.07 Å². The fraction of sp³-hybridized carbons (Fsp3) is 0.292. The molecule has 6 heteroatoms. The monoisotopic (exact) mass is 405 g/mol. The van der Waals surface area contributed by atoms with E-state index in [2.05, 4.69) is 15.3 Å². The van der Waals surface area contributed by atoms with E-state index in [0.29, 0.717) is 13.2 Å². The lowest BCUT2D eigenvalue weighted by Gasteiger charge is -2.27. The first kappa shape index (κ1) is 18.9. The maximum atomic E-state index is 13.5. The van der Waals surface area contributed by atoms with E-state index < -0.39 is 0 Å². The Kier molecular flexibility index (Phi) is 5.01. The molecule has 5 rings (SSSR count). The maximum Gasteiger partial charge on any atom is 0.171 e. The van der Waals surface area contributed by atoms with E-state index in [4.69, 9.17) is 9.47 Å². The number of benzene rings is 2. The zero-order valence-corrected chi connectivity index (χ0v) is 16.9. The third kappa shape index (κ3) is 3.71. The smallest absolute Gasteiger partial charge is 0.171 e. The van der Waals surface area contributed by atoms with Gasteiger partial charge in [-0.1, -0.05) is 0 Å². The lowest BCUT2D eigenvalue weighted by atomic mass is 10.1. The van der Waals surface area contributed by atoms with Gasteiger partial charge in [0, 0.05) is 34.7 Å². The number of rotatable bonds is 6. The van der Waals surface area contributed by atoms with Crippen molar-refractivity contribution in [3.63, 3.8) is 0 Å². The number of nitrogens with zero attached hydrogens (tertiary/aromatic N) is 1. The molecule has 0 saturated carbocycles. The molecule has 1 aliphatic heterocycles. The molecule has 4 aromatic rings. The fourth-order valence-electron chi connectivity index (χ4n) is 4.00. The summed E-state index contributed by atoms with van der Waals surface area (Å²) >= 11 is 0. The van der Waals surface area contributed by atoms with Crippen molar-refractivity contribution in [1.29, 1.82) is 0 Å². The van der Waals surface area contributed by atoms with E-state index in [1.807, 2.05) is 37.4 Å². The predicted octanol–water partition coefficient (Wildman–Crippen LogP) is 4.53. The fourth-order valence-corrected chi connectivity index (χ4v) is 4.00. The molecule has 2 aromatic heterocycles. The average Bonchev–Trinajstić information content (AvgIpc) is 3.15. The molecule has 2 aromatic carbocycles. The van der Waals surface area contributed by atoms with Crippen LogP contribution in [0.3, 0.4) is 0 Å². The minimum Gasteiger partial charge on any atom is -0.486 e. The number of aromatic amines is 1. The summed E-state index contributed by atoms with van der Waals surface area (Å²) in [7, 11) is 0. The Labute approximate surface area is 174 Å². The van der Waals surface area contributed by atoms with Crippen LogP contribution in [0.15, 0.2) is 48.7 Å². The van der Waals surface area contributed by atoms with Crippen LogP contribution in [0.1, 0.15) is 17.7 Å². The number of hydrogen-bond donors (Lipinski definition) is 2. The first-order valence-corrected chi connectivity index (χ1v) is 10.3. The number of H-pyrrole nitrogens is 1. The van der Waals surface area contributed by atoms with Crippen LogP contribution in [0.25, 0.3) is 21.8 Å². The van der Waals surface area contributed by atoms with E-state index in [-0.39, 0.29) is 11.9 Å². The Morgan fingerprint density at radius 3 is 3.03 bits per heavy atom. The van der Waals surface area contributed by atoms with Gasteiger partial charge in [0.25, 0.3) is 0 Å². The molecule has 1 aliphatic rings. The molecule has 0 amide bonds. The van der Waals surface area contributed by atoms with Crippen molar-refractivity contribution in [2.24, 2.45) is 0 Å². The van der Waals surface area contributed by atoms with Crippen molar-refractivity contribution < 1.29 is 13.9 Å². The van der Waals surface area contributed by atoms with Crippen LogP contribution in [0.5, 0.6) is 11.5 Å². The Morgan fingerprint density at radius 2 is 2.10 bits per heavy atom. The molecule has 0 aliphatic carbocycles. The van der Waals surface area contributed by atoms with Crippen LogP contribution in [0.4, 0.5) is 4.39 Å². The van der Waals surface area contributed by atoms with E-state index in [9.17, 15) is 4.39 Å². The maximum absolute atomic E-state index is 13.5. The second-order valence-corrected chi connectivity index (χ2v) is 7.77. The van der Waals surface area contributed by atoms with Crippen molar-refractivity contribution in [2.45, 2.75) is 25.9 Å². The van der Waals surface area contributed by atoms with Gasteiger partial charge >= 0.3 is 0 Å². The molecule has 0 bridgehead atoms. The molecular weight excluding hydrogens is 381 g/mol. The Bertz CT molecular complexity index is 1200. The molecule has 3 heterocycles. The van der Waals surface area contributed by atoms with Gasteiger partial charge in [0.2, 0.25) is 0 Å². The van der Waals surface area contributed by atoms with Crippen LogP contribution < -0.4 is 14.8 Å². The third-order valence-electron chi connectivity index (χ3n) is 5.54. The van der Waals surface area contributed by atoms with E-state index in [0.717, 1.165) is 63.9 Å². The van der Waals surface area contributed by atoms with Crippen molar-refractivity contribution in [2.75, 3.05) is 19.7 Å². The van der Waals surface area contributed by atoms with Gasteiger partial charge in [-0.3, -0.25) is 4.98 Å². The number of aromatic nitrogens is 2. The zero-order valence-electron chi connectivity index (χ0n) is 16.9. The summed E-state index contributed by atoms with van der Waals surface area (Å²) < 4.78 is 25.7. The number of pyridine rings is 1. The van der Waals surface area contributed by atoms with Crippen molar-refractivity contribution in [3.8, 4) is 11.5 Å². The third-order valence-corrected chi connectivity index (χ3v) is 5.54. The number of nitrogens with one attached hydrogen (secondary N) is 2. The van der Waals surface area contributed by atoms with Gasteiger partial charge < -0.3 is 19.8 Å². The second kappa shape index (κ2) is 7.95. The Hall–Kier alpha value is -3.12. The normalized spacial score (nSPS) is 15.7. The summed E-state index contributed by atoms with van der Waals surface area (Å²) in [6, 6.07) is 12.8. The van der Waals surface area contributed by atoms with Gasteiger partial charge in [-0.25, -0.2) is 4.39 Å². The zero-order chi connectivity index (χ0) is 20.5. The van der Waals surface area contributed by atoms with Crippen LogP contribution in [0.2, 0.25) is 0 Å². The minimum atomic E-state index is -0.200. The summed E-state index contributed by atoms with van der Waals surface area (Å²) in [4.78, 5) is 7.78. The first-order chi connectivity index (χ1) is 14.7. The van der Waals surface area contributed by atoms with Gasteiger partial charge in [-0.2, -0.15) is 0 Å². The molecule has 154 valence electrons. The highest BCUT2D eigenvalue weighted by Crippen LogP contribution is 2.38. The number of aryl methyl sites for hydroxylation is 2. The predicted molar refractivity (Wildman–Crippen MR) is 116 cm³/mol. The second-order valence-electron chi connectivity index (χ2n) is 7.77. The summed E-state index contributed by atoms with van der Waals surface area (Å²) in [6.45, 7) is 4.06. The van der Waals surface area contributed by atoms with Gasteiger partial charge in [0.05, 0.1) is 5.52 Å². The highest BCUT2D eigenvalue weighted by Gasteiger charge is 2.23. The highest BCUT2D eigenvalue weighted by atomic mass is 19.1. The summed E-state index contributed by atoms with van der Waals surface area (Å²) in [5, 5.41) is 5.41. The summed E-state index contributed by atoms with van der Waals surface area (Å²) in [5.74, 6) is 1.35. The molecule has 0 spiro atoms. The largest absolute Gasteiger partial charge is 0.486 e. The number of fused-ring (bicyclic) bond motifs is 4. The van der Waals surface area contributed by atoms with Crippen LogP contribution in [-0.2, 0) is 6.42 Å². The van der Waals surface area contributed by atoms with E-state index >= 15 is 0 Å². The van der Waals surface area contributed by atoms with E-state index in [1.54, 1.807) is 12.1 Å². The molecule has 30 heavy (non-hydrogen) atoms. The highest BCUT2D eigenvalue weighted by molar-refractivity contribution is 5.88. The van der Waals surface area contributed by atoms with Gasteiger partial charge in [-0.15, -0.1) is 0 Å². The Morgan fingerprint density at radius 1 is 1.17 bits per heavy atom. The summed E-state index contributed by atoms with van der Waals surface area (Å²) in [6.07, 6.45) is 3.77. The molecule has 0 unspecified atom stereocenters. The standard InChI is InChI=1S/C24H24FN3O2/c1-15-4-6-19-22(28-15)8-9-23-24(19)30-18(14-29-23)13-26-10-2-3-16-12-27-21-7-5-17(25)11-20(16)21/h4-9,11-12,18,26-27H,2-3,10,13-14H2,1H3/t18-/m0/s1. The van der Waals surface area contributed by atoms with Gasteiger partial charge in [0.15, 0.2) is 11.5 Å². The van der Waals surface area contributed by atoms with Gasteiger partial charge in [-0.05, 0) is 74.3 Å². The molecule has 0 saturated heterocycles. The van der Waals surface area contributed by atoms with Crippen LogP contribution >= 0.6 is 0 Å². The van der Waals surface area contributed by atoms with Crippen molar-refractivity contribution in [3.05, 3.63) is 65.7 Å². The molecule has 5 nitrogen and oxygen atoms in total. The minimum absolute atomic E-state index is 0.0495. The topological polar surface area (TPSA) is 59.2 Å². The molecule has 0 radical (unpaired) electrons. The average molecular weight is 405 g/mol. The molecule has 0 fully saturated rings. The quantitative estimate of drug-likeness (QED) is 0.463. The molecule has 1 atom stereocenters. The number of hydrogen-bond acceptors (Lipinski definition) is 4. The lowest BCUT2D eigenvalue weighted by molar-refractivity contribution is 0.0925. The van der Waals surface area contributed by atoms with Gasteiger partial charge in [0.1, 0.15) is 18.5 Å².